The highest BCUT2D eigenvalue weighted by molar-refractivity contribution is 5.96. The molecule has 136 valence electrons. The summed E-state index contributed by atoms with van der Waals surface area (Å²) in [6.07, 6.45) is 0.933. The van der Waals surface area contributed by atoms with Crippen LogP contribution in [0.3, 0.4) is 0 Å². The highest BCUT2D eigenvalue weighted by atomic mass is 19.2. The summed E-state index contributed by atoms with van der Waals surface area (Å²) in [5.74, 6) is -2.85. The topological polar surface area (TPSA) is 64.7 Å². The Hall–Kier alpha value is -2.06. The first-order chi connectivity index (χ1) is 12.0. The second-order valence-electron chi connectivity index (χ2n) is 6.38. The lowest BCUT2D eigenvalue weighted by atomic mass is 10.2. The van der Waals surface area contributed by atoms with Crippen molar-refractivity contribution in [1.29, 1.82) is 0 Å². The van der Waals surface area contributed by atoms with E-state index in [1.807, 2.05) is 0 Å². The van der Waals surface area contributed by atoms with E-state index in [-0.39, 0.29) is 18.0 Å². The van der Waals surface area contributed by atoms with Crippen molar-refractivity contribution in [3.8, 4) is 0 Å². The first kappa shape index (κ1) is 17.8. The Morgan fingerprint density at radius 2 is 1.92 bits per heavy atom. The molecule has 2 N–H and O–H groups in total. The maximum atomic E-state index is 13.2. The minimum Gasteiger partial charge on any atom is -0.343 e. The van der Waals surface area contributed by atoms with E-state index >= 15 is 0 Å². The Morgan fingerprint density at radius 1 is 1.16 bits per heavy atom. The molecule has 0 bridgehead atoms. The Balaban J connectivity index is 1.47. The molecule has 0 aromatic heterocycles. The minimum atomic E-state index is -1.09. The van der Waals surface area contributed by atoms with Crippen molar-refractivity contribution < 1.29 is 18.4 Å². The molecule has 25 heavy (non-hydrogen) atoms. The average Bonchev–Trinajstić information content (AvgIpc) is 3.12. The highest BCUT2D eigenvalue weighted by Gasteiger charge is 2.30. The Kier molecular flexibility index (Phi) is 5.60. The Bertz CT molecular complexity index is 650. The molecule has 0 spiro atoms. The third-order valence-corrected chi connectivity index (χ3v) is 4.77. The summed E-state index contributed by atoms with van der Waals surface area (Å²) in [4.78, 5) is 28.4. The zero-order valence-electron chi connectivity index (χ0n) is 13.9. The van der Waals surface area contributed by atoms with Gasteiger partial charge in [0.25, 0.3) is 5.91 Å². The molecule has 2 aliphatic heterocycles. The summed E-state index contributed by atoms with van der Waals surface area (Å²) in [7, 11) is 0. The van der Waals surface area contributed by atoms with Gasteiger partial charge in [-0.2, -0.15) is 0 Å². The number of rotatable bonds is 4. The molecular weight excluding hydrogens is 330 g/mol. The largest absolute Gasteiger partial charge is 0.343 e. The molecule has 2 amide bonds. The molecule has 2 saturated heterocycles. The summed E-state index contributed by atoms with van der Waals surface area (Å²) in [5.41, 5.74) is -0.00758. The fourth-order valence-corrected chi connectivity index (χ4v) is 3.32. The third-order valence-electron chi connectivity index (χ3n) is 4.77. The average molecular weight is 352 g/mol. The molecule has 6 nitrogen and oxygen atoms in total. The summed E-state index contributed by atoms with van der Waals surface area (Å²) in [6, 6.07) is 3.28. The van der Waals surface area contributed by atoms with Crippen LogP contribution >= 0.6 is 0 Å². The molecule has 1 aromatic carbocycles. The van der Waals surface area contributed by atoms with E-state index in [2.05, 4.69) is 15.5 Å². The van der Waals surface area contributed by atoms with Gasteiger partial charge in [-0.3, -0.25) is 14.5 Å². The van der Waals surface area contributed by atoms with Crippen molar-refractivity contribution in [1.82, 2.24) is 20.4 Å². The zero-order chi connectivity index (χ0) is 17.8. The Labute approximate surface area is 145 Å². The first-order valence-corrected chi connectivity index (χ1v) is 8.50. The second-order valence-corrected chi connectivity index (χ2v) is 6.38. The molecule has 0 aliphatic carbocycles. The van der Waals surface area contributed by atoms with Crippen LogP contribution < -0.4 is 10.6 Å². The van der Waals surface area contributed by atoms with Crippen LogP contribution in [0.4, 0.5) is 8.78 Å². The number of benzene rings is 1. The van der Waals surface area contributed by atoms with E-state index in [0.717, 1.165) is 44.7 Å². The predicted molar refractivity (Wildman–Crippen MR) is 88.1 cm³/mol. The number of hydrogen-bond acceptors (Lipinski definition) is 4. The number of hydrogen-bond donors (Lipinski definition) is 2. The maximum Gasteiger partial charge on any atom is 0.251 e. The lowest BCUT2D eigenvalue weighted by Gasteiger charge is -2.32. The van der Waals surface area contributed by atoms with Crippen molar-refractivity contribution in [2.45, 2.75) is 12.5 Å². The van der Waals surface area contributed by atoms with Crippen molar-refractivity contribution >= 4 is 11.8 Å². The fraction of sp³-hybridized carbons (Fsp3) is 0.529. The van der Waals surface area contributed by atoms with Crippen LogP contribution in [-0.2, 0) is 4.79 Å². The van der Waals surface area contributed by atoms with E-state index in [0.29, 0.717) is 19.1 Å². The Morgan fingerprint density at radius 3 is 2.64 bits per heavy atom. The number of likely N-dealkylation sites (tertiary alicyclic amines) is 1. The van der Waals surface area contributed by atoms with Gasteiger partial charge >= 0.3 is 0 Å². The molecule has 0 saturated carbocycles. The number of carbonyl (C=O) groups is 2. The van der Waals surface area contributed by atoms with Gasteiger partial charge in [0, 0.05) is 50.9 Å². The van der Waals surface area contributed by atoms with Gasteiger partial charge in [-0.1, -0.05) is 0 Å². The monoisotopic (exact) mass is 352 g/mol. The summed E-state index contributed by atoms with van der Waals surface area (Å²) in [6.45, 7) is 5.10. The van der Waals surface area contributed by atoms with E-state index in [1.54, 1.807) is 4.90 Å². The first-order valence-electron chi connectivity index (χ1n) is 8.50. The third kappa shape index (κ3) is 4.32. The zero-order valence-corrected chi connectivity index (χ0v) is 13.9. The van der Waals surface area contributed by atoms with Gasteiger partial charge in [-0.05, 0) is 24.6 Å². The summed E-state index contributed by atoms with van der Waals surface area (Å²) >= 11 is 0. The van der Waals surface area contributed by atoms with Gasteiger partial charge in [0.2, 0.25) is 5.91 Å². The molecule has 3 rings (SSSR count). The van der Waals surface area contributed by atoms with Crippen LogP contribution in [0.1, 0.15) is 16.8 Å². The van der Waals surface area contributed by atoms with Crippen LogP contribution in [0, 0.1) is 11.6 Å². The SMILES string of the molecule is O=C(NCC(=O)N1CCC(N2CCNCC2)C1)c1ccc(F)c(F)c1. The molecule has 8 heteroatoms. The smallest absolute Gasteiger partial charge is 0.251 e. The van der Waals surface area contributed by atoms with E-state index in [1.165, 1.54) is 6.07 Å². The summed E-state index contributed by atoms with van der Waals surface area (Å²) in [5, 5.41) is 5.78. The standard InChI is InChI=1S/C17H22F2N4O2/c18-14-2-1-12(9-15(14)19)17(25)21-10-16(24)23-6-3-13(11-23)22-7-4-20-5-8-22/h1-2,9,13,20H,3-8,10-11H2,(H,21,25). The van der Waals surface area contributed by atoms with Gasteiger partial charge in [0.1, 0.15) is 0 Å². The number of nitrogens with zero attached hydrogens (tertiary/aromatic N) is 2. The van der Waals surface area contributed by atoms with Gasteiger partial charge in [-0.15, -0.1) is 0 Å². The fourth-order valence-electron chi connectivity index (χ4n) is 3.32. The lowest BCUT2D eigenvalue weighted by molar-refractivity contribution is -0.129. The van der Waals surface area contributed by atoms with Crippen LogP contribution in [0.2, 0.25) is 0 Å². The van der Waals surface area contributed by atoms with Crippen LogP contribution in [0.15, 0.2) is 18.2 Å². The van der Waals surface area contributed by atoms with E-state index < -0.39 is 17.5 Å². The molecule has 2 heterocycles. The van der Waals surface area contributed by atoms with Gasteiger partial charge < -0.3 is 15.5 Å². The molecular formula is C17H22F2N4O2. The van der Waals surface area contributed by atoms with Crippen LogP contribution in [0.5, 0.6) is 0 Å². The normalized spacial score (nSPS) is 21.4. The van der Waals surface area contributed by atoms with Crippen molar-refractivity contribution in [3.63, 3.8) is 0 Å². The van der Waals surface area contributed by atoms with Gasteiger partial charge in [0.05, 0.1) is 6.54 Å². The molecule has 1 atom stereocenters. The maximum absolute atomic E-state index is 13.2. The summed E-state index contributed by atoms with van der Waals surface area (Å²) < 4.78 is 26.1. The number of amides is 2. The van der Waals surface area contributed by atoms with E-state index in [4.69, 9.17) is 0 Å². The lowest BCUT2D eigenvalue weighted by Crippen LogP contribution is -2.49. The molecule has 0 radical (unpaired) electrons. The van der Waals surface area contributed by atoms with Gasteiger partial charge in [0.15, 0.2) is 11.6 Å². The molecule has 2 fully saturated rings. The highest BCUT2D eigenvalue weighted by Crippen LogP contribution is 2.16. The molecule has 2 aliphatic rings. The second kappa shape index (κ2) is 7.88. The van der Waals surface area contributed by atoms with Gasteiger partial charge in [-0.25, -0.2) is 8.78 Å². The van der Waals surface area contributed by atoms with Crippen LogP contribution in [-0.4, -0.2) is 73.5 Å². The van der Waals surface area contributed by atoms with E-state index in [9.17, 15) is 18.4 Å². The number of halogens is 2. The van der Waals surface area contributed by atoms with Crippen LogP contribution in [0.25, 0.3) is 0 Å². The number of carbonyl (C=O) groups excluding carboxylic acids is 2. The van der Waals surface area contributed by atoms with Crippen molar-refractivity contribution in [2.75, 3.05) is 45.8 Å². The quantitative estimate of drug-likeness (QED) is 0.813. The predicted octanol–water partition coefficient (Wildman–Crippen LogP) is 0.201. The van der Waals surface area contributed by atoms with Crippen molar-refractivity contribution in [3.05, 3.63) is 35.4 Å². The number of piperazine rings is 1. The molecule has 1 unspecified atom stereocenters. The molecule has 1 aromatic rings. The van der Waals surface area contributed by atoms with Crippen molar-refractivity contribution in [2.24, 2.45) is 0 Å². The minimum absolute atomic E-state index is 0.00758. The number of nitrogens with one attached hydrogen (secondary N) is 2.